The Kier molecular flexibility index (Phi) is 8.03. The normalized spacial score (nSPS) is 11.6. The standard InChI is InChI=1S/C27H30N2O3/c1-19(2)17-21-9-11-23(12-10-21)20(3)26(30)28-29-27(31)24-13-15-25(16-14-24)32-18-22-7-5-4-6-8-22/h4-16,19-20H,17-18H2,1-3H3,(H,28,30)(H,29,31). The van der Waals surface area contributed by atoms with Gasteiger partial charge in [0, 0.05) is 5.56 Å². The Labute approximate surface area is 189 Å². The molecule has 2 amide bonds. The fraction of sp³-hybridized carbons (Fsp3) is 0.259. The largest absolute Gasteiger partial charge is 0.489 e. The van der Waals surface area contributed by atoms with Crippen LogP contribution in [0.15, 0.2) is 78.9 Å². The maximum atomic E-state index is 12.5. The Morgan fingerprint density at radius 3 is 2.06 bits per heavy atom. The second-order valence-electron chi connectivity index (χ2n) is 8.30. The highest BCUT2D eigenvalue weighted by Gasteiger charge is 2.16. The lowest BCUT2D eigenvalue weighted by molar-refractivity contribution is -0.123. The van der Waals surface area contributed by atoms with Gasteiger partial charge >= 0.3 is 0 Å². The lowest BCUT2D eigenvalue weighted by atomic mass is 9.96. The van der Waals surface area contributed by atoms with Crippen molar-refractivity contribution >= 4 is 11.8 Å². The molecule has 3 aromatic rings. The van der Waals surface area contributed by atoms with E-state index in [2.05, 4.69) is 36.8 Å². The molecule has 0 saturated carbocycles. The summed E-state index contributed by atoms with van der Waals surface area (Å²) in [6.45, 7) is 6.63. The van der Waals surface area contributed by atoms with E-state index in [0.29, 0.717) is 23.8 Å². The van der Waals surface area contributed by atoms with Gasteiger partial charge < -0.3 is 4.74 Å². The zero-order valence-corrected chi connectivity index (χ0v) is 18.8. The van der Waals surface area contributed by atoms with Crippen molar-refractivity contribution in [1.82, 2.24) is 10.9 Å². The topological polar surface area (TPSA) is 67.4 Å². The average molecular weight is 431 g/mol. The van der Waals surface area contributed by atoms with Gasteiger partial charge in [-0.15, -0.1) is 0 Å². The highest BCUT2D eigenvalue weighted by atomic mass is 16.5. The van der Waals surface area contributed by atoms with E-state index in [1.807, 2.05) is 49.4 Å². The van der Waals surface area contributed by atoms with Gasteiger partial charge in [0.2, 0.25) is 5.91 Å². The SMILES string of the molecule is CC(C)Cc1ccc(C(C)C(=O)NNC(=O)c2ccc(OCc3ccccc3)cc2)cc1. The van der Waals surface area contributed by atoms with Crippen LogP contribution in [0.2, 0.25) is 0 Å². The van der Waals surface area contributed by atoms with E-state index >= 15 is 0 Å². The third-order valence-corrected chi connectivity index (χ3v) is 5.18. The van der Waals surface area contributed by atoms with E-state index in [1.54, 1.807) is 24.3 Å². The molecule has 0 aliphatic carbocycles. The molecule has 5 nitrogen and oxygen atoms in total. The Morgan fingerprint density at radius 1 is 0.781 bits per heavy atom. The molecule has 0 spiro atoms. The number of hydrogen-bond donors (Lipinski definition) is 2. The van der Waals surface area contributed by atoms with Crippen LogP contribution in [0.1, 0.15) is 53.7 Å². The number of benzene rings is 3. The fourth-order valence-corrected chi connectivity index (χ4v) is 3.31. The predicted octanol–water partition coefficient (Wildman–Crippen LogP) is 5.03. The molecule has 0 radical (unpaired) electrons. The zero-order chi connectivity index (χ0) is 22.9. The van der Waals surface area contributed by atoms with Crippen molar-refractivity contribution in [2.45, 2.75) is 39.7 Å². The summed E-state index contributed by atoms with van der Waals surface area (Å²) in [6.07, 6.45) is 1.01. The van der Waals surface area contributed by atoms with Gasteiger partial charge in [-0.3, -0.25) is 20.4 Å². The lowest BCUT2D eigenvalue weighted by Crippen LogP contribution is -2.43. The number of amides is 2. The molecule has 3 aromatic carbocycles. The first-order chi connectivity index (χ1) is 15.4. The van der Waals surface area contributed by atoms with Crippen molar-refractivity contribution < 1.29 is 14.3 Å². The molecule has 166 valence electrons. The summed E-state index contributed by atoms with van der Waals surface area (Å²) in [6, 6.07) is 24.7. The van der Waals surface area contributed by atoms with Gasteiger partial charge in [0.25, 0.3) is 5.91 Å². The van der Waals surface area contributed by atoms with Crippen molar-refractivity contribution in [2.24, 2.45) is 5.92 Å². The maximum absolute atomic E-state index is 12.5. The molecule has 5 heteroatoms. The second kappa shape index (κ2) is 11.1. The Balaban J connectivity index is 1.48. The minimum atomic E-state index is -0.382. The van der Waals surface area contributed by atoms with Crippen molar-refractivity contribution in [3.05, 3.63) is 101 Å². The van der Waals surface area contributed by atoms with Crippen molar-refractivity contribution in [2.75, 3.05) is 0 Å². The molecule has 2 N–H and O–H groups in total. The van der Waals surface area contributed by atoms with Crippen LogP contribution >= 0.6 is 0 Å². The number of hydrogen-bond acceptors (Lipinski definition) is 3. The molecule has 1 atom stereocenters. The van der Waals surface area contributed by atoms with Crippen LogP contribution in [-0.2, 0) is 17.8 Å². The summed E-state index contributed by atoms with van der Waals surface area (Å²) in [5, 5.41) is 0. The number of nitrogens with one attached hydrogen (secondary N) is 2. The van der Waals surface area contributed by atoms with Crippen molar-refractivity contribution in [3.8, 4) is 5.75 Å². The molecule has 3 rings (SSSR count). The Bertz CT molecular complexity index is 1010. The molecule has 0 bridgehead atoms. The predicted molar refractivity (Wildman–Crippen MR) is 126 cm³/mol. The summed E-state index contributed by atoms with van der Waals surface area (Å²) >= 11 is 0. The molecule has 32 heavy (non-hydrogen) atoms. The zero-order valence-electron chi connectivity index (χ0n) is 18.8. The van der Waals surface area contributed by atoms with E-state index in [1.165, 1.54) is 5.56 Å². The molecule has 0 aromatic heterocycles. The van der Waals surface area contributed by atoms with Gasteiger partial charge in [-0.25, -0.2) is 0 Å². The number of ether oxygens (including phenoxy) is 1. The van der Waals surface area contributed by atoms with E-state index in [9.17, 15) is 9.59 Å². The number of carbonyl (C=O) groups is 2. The van der Waals surface area contributed by atoms with Crippen LogP contribution in [0.3, 0.4) is 0 Å². The van der Waals surface area contributed by atoms with Crippen LogP contribution in [0.4, 0.5) is 0 Å². The third-order valence-electron chi connectivity index (χ3n) is 5.18. The maximum Gasteiger partial charge on any atom is 0.269 e. The smallest absolute Gasteiger partial charge is 0.269 e. The first-order valence-corrected chi connectivity index (χ1v) is 10.9. The van der Waals surface area contributed by atoms with E-state index in [4.69, 9.17) is 4.74 Å². The van der Waals surface area contributed by atoms with Crippen LogP contribution < -0.4 is 15.6 Å². The number of hydrazine groups is 1. The Hall–Kier alpha value is -3.60. The highest BCUT2D eigenvalue weighted by Crippen LogP contribution is 2.18. The highest BCUT2D eigenvalue weighted by molar-refractivity contribution is 5.96. The molecular weight excluding hydrogens is 400 g/mol. The van der Waals surface area contributed by atoms with Crippen molar-refractivity contribution in [3.63, 3.8) is 0 Å². The molecule has 0 heterocycles. The number of rotatable bonds is 8. The third kappa shape index (κ3) is 6.71. The van der Waals surface area contributed by atoms with Crippen molar-refractivity contribution in [1.29, 1.82) is 0 Å². The first kappa shape index (κ1) is 23.1. The number of carbonyl (C=O) groups excluding carboxylic acids is 2. The lowest BCUT2D eigenvalue weighted by Gasteiger charge is -2.14. The minimum Gasteiger partial charge on any atom is -0.489 e. The van der Waals surface area contributed by atoms with Crippen LogP contribution in [0.25, 0.3) is 0 Å². The molecule has 0 saturated heterocycles. The van der Waals surface area contributed by atoms with Crippen LogP contribution in [0, 0.1) is 5.92 Å². The van der Waals surface area contributed by atoms with Gasteiger partial charge in [0.15, 0.2) is 0 Å². The summed E-state index contributed by atoms with van der Waals surface area (Å²) in [7, 11) is 0. The molecule has 1 unspecified atom stereocenters. The first-order valence-electron chi connectivity index (χ1n) is 10.9. The summed E-state index contributed by atoms with van der Waals surface area (Å²) < 4.78 is 5.73. The summed E-state index contributed by atoms with van der Waals surface area (Å²) in [5.41, 5.74) is 8.66. The minimum absolute atomic E-state index is 0.266. The quantitative estimate of drug-likeness (QED) is 0.493. The van der Waals surface area contributed by atoms with E-state index < -0.39 is 0 Å². The van der Waals surface area contributed by atoms with Gasteiger partial charge in [-0.1, -0.05) is 68.4 Å². The van der Waals surface area contributed by atoms with Gasteiger partial charge in [-0.05, 0) is 60.2 Å². The van der Waals surface area contributed by atoms with Gasteiger partial charge in [0.1, 0.15) is 12.4 Å². The fourth-order valence-electron chi connectivity index (χ4n) is 3.31. The molecule has 0 aliphatic heterocycles. The summed E-state index contributed by atoms with van der Waals surface area (Å²) in [4.78, 5) is 24.8. The van der Waals surface area contributed by atoms with E-state index in [-0.39, 0.29) is 17.7 Å². The molecule has 0 fully saturated rings. The Morgan fingerprint density at radius 2 is 1.44 bits per heavy atom. The van der Waals surface area contributed by atoms with Gasteiger partial charge in [0.05, 0.1) is 5.92 Å². The van der Waals surface area contributed by atoms with Crippen LogP contribution in [-0.4, -0.2) is 11.8 Å². The summed E-state index contributed by atoms with van der Waals surface area (Å²) in [5.74, 6) is 0.229. The monoisotopic (exact) mass is 430 g/mol. The molecular formula is C27H30N2O3. The van der Waals surface area contributed by atoms with E-state index in [0.717, 1.165) is 17.5 Å². The van der Waals surface area contributed by atoms with Gasteiger partial charge in [-0.2, -0.15) is 0 Å². The average Bonchev–Trinajstić information content (AvgIpc) is 2.81. The molecule has 0 aliphatic rings. The second-order valence-corrected chi connectivity index (χ2v) is 8.30. The van der Waals surface area contributed by atoms with Crippen LogP contribution in [0.5, 0.6) is 5.75 Å².